The molecule has 0 radical (unpaired) electrons. The largest absolute Gasteiger partial charge is 0.351 e. The highest BCUT2D eigenvalue weighted by Crippen LogP contribution is 2.26. The summed E-state index contributed by atoms with van der Waals surface area (Å²) in [6, 6.07) is 10.2. The molecule has 0 spiro atoms. The molecule has 1 aliphatic rings. The Hall–Kier alpha value is -2.89. The molecule has 2 heterocycles. The summed E-state index contributed by atoms with van der Waals surface area (Å²) in [5, 5.41) is 2.96. The number of aryl methyl sites for hydroxylation is 1. The molecule has 2 amide bonds. The summed E-state index contributed by atoms with van der Waals surface area (Å²) in [6.45, 7) is 6.35. The van der Waals surface area contributed by atoms with Gasteiger partial charge >= 0.3 is 0 Å². The predicted molar refractivity (Wildman–Crippen MR) is 118 cm³/mol. The Kier molecular flexibility index (Phi) is 7.82. The van der Waals surface area contributed by atoms with Crippen molar-refractivity contribution in [3.63, 3.8) is 0 Å². The normalized spacial score (nSPS) is 18.8. The molecular weight excluding hydrogens is 376 g/mol. The number of aromatic nitrogens is 2. The number of imidazole rings is 1. The maximum atomic E-state index is 12.5. The molecule has 1 saturated heterocycles. The van der Waals surface area contributed by atoms with Crippen molar-refractivity contribution in [2.45, 2.75) is 39.5 Å². The number of benzene rings is 1. The van der Waals surface area contributed by atoms with Crippen LogP contribution in [0.5, 0.6) is 0 Å². The number of allylic oxidation sites excluding steroid dienone is 1. The number of rotatable bonds is 9. The molecule has 3 rings (SSSR count). The Balaban J connectivity index is 1.38. The van der Waals surface area contributed by atoms with Gasteiger partial charge in [-0.25, -0.2) is 4.98 Å². The number of amides is 2. The molecule has 0 aliphatic carbocycles. The number of carbonyl (C=O) groups is 2. The molecule has 2 aromatic rings. The third-order valence-electron chi connectivity index (χ3n) is 5.78. The molecule has 0 unspecified atom stereocenters. The van der Waals surface area contributed by atoms with Gasteiger partial charge in [0.1, 0.15) is 11.5 Å². The van der Waals surface area contributed by atoms with Gasteiger partial charge in [0.15, 0.2) is 0 Å². The van der Waals surface area contributed by atoms with Crippen LogP contribution in [0, 0.1) is 11.8 Å². The van der Waals surface area contributed by atoms with E-state index in [0.29, 0.717) is 30.5 Å². The Morgan fingerprint density at radius 2 is 2.03 bits per heavy atom. The average molecular weight is 409 g/mol. The number of nitrogens with one attached hydrogen (secondary N) is 2. The Labute approximate surface area is 178 Å². The maximum Gasteiger partial charge on any atom is 0.269 e. The fourth-order valence-electron chi connectivity index (χ4n) is 3.88. The minimum Gasteiger partial charge on any atom is -0.351 e. The van der Waals surface area contributed by atoms with Gasteiger partial charge < -0.3 is 15.2 Å². The molecule has 1 fully saturated rings. The van der Waals surface area contributed by atoms with Gasteiger partial charge in [-0.05, 0) is 30.2 Å². The molecule has 2 atom stereocenters. The molecular formula is C24H32N4O2. The highest BCUT2D eigenvalue weighted by atomic mass is 16.2. The highest BCUT2D eigenvalue weighted by molar-refractivity contribution is 5.92. The van der Waals surface area contributed by atoms with Gasteiger partial charge in [-0.3, -0.25) is 9.59 Å². The number of nitrogens with zero attached hydrogens (tertiary/aromatic N) is 2. The molecule has 1 aromatic carbocycles. The first-order chi connectivity index (χ1) is 14.6. The summed E-state index contributed by atoms with van der Waals surface area (Å²) in [7, 11) is 0. The van der Waals surface area contributed by atoms with Crippen LogP contribution in [-0.4, -0.2) is 46.3 Å². The van der Waals surface area contributed by atoms with E-state index in [-0.39, 0.29) is 11.8 Å². The van der Waals surface area contributed by atoms with Gasteiger partial charge in [0.05, 0.1) is 6.20 Å². The number of hydrogen-bond donors (Lipinski definition) is 2. The van der Waals surface area contributed by atoms with Crippen LogP contribution >= 0.6 is 0 Å². The topological polar surface area (TPSA) is 78.1 Å². The third-order valence-corrected chi connectivity index (χ3v) is 5.78. The lowest BCUT2D eigenvalue weighted by Crippen LogP contribution is -2.29. The van der Waals surface area contributed by atoms with Crippen molar-refractivity contribution in [3.8, 4) is 0 Å². The summed E-state index contributed by atoms with van der Waals surface area (Å²) in [6.07, 6.45) is 8.57. The van der Waals surface area contributed by atoms with Gasteiger partial charge in [0, 0.05) is 32.5 Å². The zero-order valence-corrected chi connectivity index (χ0v) is 17.9. The molecule has 6 nitrogen and oxygen atoms in total. The van der Waals surface area contributed by atoms with Gasteiger partial charge in [-0.15, -0.1) is 0 Å². The van der Waals surface area contributed by atoms with Crippen LogP contribution in [0.25, 0.3) is 0 Å². The summed E-state index contributed by atoms with van der Waals surface area (Å²) in [5.41, 5.74) is 1.75. The monoisotopic (exact) mass is 408 g/mol. The summed E-state index contributed by atoms with van der Waals surface area (Å²) in [5.74, 6) is 1.73. The number of carbonyl (C=O) groups excluding carboxylic acids is 2. The van der Waals surface area contributed by atoms with Crippen LogP contribution in [0.3, 0.4) is 0 Å². The van der Waals surface area contributed by atoms with E-state index < -0.39 is 0 Å². The van der Waals surface area contributed by atoms with E-state index in [1.807, 2.05) is 36.1 Å². The molecule has 0 bridgehead atoms. The lowest BCUT2D eigenvalue weighted by molar-refractivity contribution is -0.129. The Morgan fingerprint density at radius 3 is 2.77 bits per heavy atom. The first kappa shape index (κ1) is 21.8. The number of H-pyrrole nitrogens is 1. The van der Waals surface area contributed by atoms with Gasteiger partial charge in [-0.2, -0.15) is 0 Å². The molecule has 2 N–H and O–H groups in total. The van der Waals surface area contributed by atoms with Crippen LogP contribution in [0.1, 0.15) is 48.6 Å². The first-order valence-electron chi connectivity index (χ1n) is 10.9. The van der Waals surface area contributed by atoms with Gasteiger partial charge in [-0.1, -0.05) is 56.3 Å². The summed E-state index contributed by atoms with van der Waals surface area (Å²) < 4.78 is 0. The molecule has 1 aliphatic heterocycles. The third kappa shape index (κ3) is 6.05. The van der Waals surface area contributed by atoms with Crippen molar-refractivity contribution >= 4 is 11.8 Å². The van der Waals surface area contributed by atoms with Crippen LogP contribution in [-0.2, 0) is 17.6 Å². The fraction of sp³-hybridized carbons (Fsp3) is 0.458. The van der Waals surface area contributed by atoms with E-state index in [4.69, 9.17) is 0 Å². The van der Waals surface area contributed by atoms with Crippen molar-refractivity contribution in [2.75, 3.05) is 19.6 Å². The first-order valence-corrected chi connectivity index (χ1v) is 10.9. The SMILES string of the molecule is CCc1ncc(C(=O)NCC[C@@H]2CN(C(=O)C/C=C/Cc3ccccc3)C[C@H]2C)[nH]1. The second kappa shape index (κ2) is 10.8. The van der Waals surface area contributed by atoms with E-state index in [0.717, 1.165) is 38.2 Å². The zero-order chi connectivity index (χ0) is 21.3. The van der Waals surface area contributed by atoms with Crippen LogP contribution < -0.4 is 5.32 Å². The molecule has 6 heteroatoms. The van der Waals surface area contributed by atoms with Crippen molar-refractivity contribution in [1.82, 2.24) is 20.2 Å². The Bertz CT molecular complexity index is 859. The Morgan fingerprint density at radius 1 is 1.23 bits per heavy atom. The molecule has 0 saturated carbocycles. The average Bonchev–Trinajstić information content (AvgIpc) is 3.39. The van der Waals surface area contributed by atoms with E-state index >= 15 is 0 Å². The lowest BCUT2D eigenvalue weighted by atomic mass is 9.95. The summed E-state index contributed by atoms with van der Waals surface area (Å²) in [4.78, 5) is 33.9. The van der Waals surface area contributed by atoms with Crippen molar-refractivity contribution in [2.24, 2.45) is 11.8 Å². The van der Waals surface area contributed by atoms with E-state index in [9.17, 15) is 9.59 Å². The van der Waals surface area contributed by atoms with Gasteiger partial charge in [0.25, 0.3) is 5.91 Å². The second-order valence-electron chi connectivity index (χ2n) is 8.04. The molecule has 160 valence electrons. The van der Waals surface area contributed by atoms with E-state index in [1.165, 1.54) is 5.56 Å². The van der Waals surface area contributed by atoms with Crippen LogP contribution in [0.15, 0.2) is 48.7 Å². The summed E-state index contributed by atoms with van der Waals surface area (Å²) >= 11 is 0. The van der Waals surface area contributed by atoms with E-state index in [1.54, 1.807) is 6.20 Å². The van der Waals surface area contributed by atoms with Crippen LogP contribution in [0.4, 0.5) is 0 Å². The van der Waals surface area contributed by atoms with Gasteiger partial charge in [0.2, 0.25) is 5.91 Å². The van der Waals surface area contributed by atoms with Crippen molar-refractivity contribution < 1.29 is 9.59 Å². The smallest absolute Gasteiger partial charge is 0.269 e. The van der Waals surface area contributed by atoms with Crippen LogP contribution in [0.2, 0.25) is 0 Å². The standard InChI is InChI=1S/C24H32N4O2/c1-3-22-26-15-21(27-22)24(30)25-14-13-20-17-28(16-18(20)2)23(29)12-8-7-11-19-9-5-4-6-10-19/h4-10,15,18,20H,3,11-14,16-17H2,1-2H3,(H,25,30)(H,26,27)/b8-7+/t18-,20-/m1/s1. The number of aromatic amines is 1. The maximum absolute atomic E-state index is 12.5. The fourth-order valence-corrected chi connectivity index (χ4v) is 3.88. The number of likely N-dealkylation sites (tertiary alicyclic amines) is 1. The molecule has 1 aromatic heterocycles. The second-order valence-corrected chi connectivity index (χ2v) is 8.04. The van der Waals surface area contributed by atoms with Crippen molar-refractivity contribution in [3.05, 3.63) is 65.8 Å². The zero-order valence-electron chi connectivity index (χ0n) is 17.9. The minimum atomic E-state index is -0.121. The van der Waals surface area contributed by atoms with Crippen molar-refractivity contribution in [1.29, 1.82) is 0 Å². The highest BCUT2D eigenvalue weighted by Gasteiger charge is 2.31. The quantitative estimate of drug-likeness (QED) is 0.625. The van der Waals surface area contributed by atoms with E-state index in [2.05, 4.69) is 40.4 Å². The minimum absolute atomic E-state index is 0.121. The lowest BCUT2D eigenvalue weighted by Gasteiger charge is -2.16. The molecule has 30 heavy (non-hydrogen) atoms. The predicted octanol–water partition coefficient (Wildman–Crippen LogP) is 3.38. The number of hydrogen-bond acceptors (Lipinski definition) is 3.